The van der Waals surface area contributed by atoms with Crippen molar-refractivity contribution in [3.63, 3.8) is 0 Å². The molecule has 0 aliphatic carbocycles. The van der Waals surface area contributed by atoms with E-state index in [2.05, 4.69) is 22.0 Å². The van der Waals surface area contributed by atoms with E-state index in [0.717, 1.165) is 32.8 Å². The summed E-state index contributed by atoms with van der Waals surface area (Å²) in [5, 5.41) is 20.0. The Morgan fingerprint density at radius 2 is 2.07 bits per heavy atom. The van der Waals surface area contributed by atoms with Gasteiger partial charge in [-0.15, -0.1) is 11.3 Å². The maximum Gasteiger partial charge on any atom is 0.217 e. The number of fused-ring (bicyclic) bond motifs is 3. The second-order valence-electron chi connectivity index (χ2n) is 6.48. The quantitative estimate of drug-likeness (QED) is 0.500. The van der Waals surface area contributed by atoms with Gasteiger partial charge in [-0.3, -0.25) is 0 Å². The van der Waals surface area contributed by atoms with Crippen molar-refractivity contribution in [2.45, 2.75) is 18.7 Å². The maximum atomic E-state index is 10.5. The van der Waals surface area contributed by atoms with E-state index < -0.39 is 6.23 Å². The summed E-state index contributed by atoms with van der Waals surface area (Å²) in [5.74, 6) is 0.951. The van der Waals surface area contributed by atoms with Crippen molar-refractivity contribution in [3.05, 3.63) is 79.4 Å². The number of phenols is 1. The van der Waals surface area contributed by atoms with E-state index in [1.54, 1.807) is 23.5 Å². The lowest BCUT2D eigenvalue weighted by Crippen LogP contribution is -2.33. The minimum absolute atomic E-state index is 0.00734. The van der Waals surface area contributed by atoms with Gasteiger partial charge in [-0.2, -0.15) is 5.10 Å². The van der Waals surface area contributed by atoms with Crippen LogP contribution in [0.4, 0.5) is 0 Å². The number of hydrogen-bond donors (Lipinski definition) is 1. The highest BCUT2D eigenvalue weighted by atomic mass is 79.9. The highest BCUT2D eigenvalue weighted by Crippen LogP contribution is 2.49. The number of nitrogens with zero attached hydrogens (tertiary/aromatic N) is 2. The van der Waals surface area contributed by atoms with Crippen molar-refractivity contribution in [2.24, 2.45) is 5.10 Å². The summed E-state index contributed by atoms with van der Waals surface area (Å²) in [5.41, 5.74) is 2.71. The molecule has 2 unspecified atom stereocenters. The van der Waals surface area contributed by atoms with Crippen LogP contribution in [0, 0.1) is 0 Å². The van der Waals surface area contributed by atoms with Crippen LogP contribution in [0.3, 0.4) is 0 Å². The first kappa shape index (κ1) is 17.1. The summed E-state index contributed by atoms with van der Waals surface area (Å²) in [6.07, 6.45) is 0.251. The predicted molar refractivity (Wildman–Crippen MR) is 111 cm³/mol. The molecule has 3 heterocycles. The highest BCUT2D eigenvalue weighted by Gasteiger charge is 2.42. The van der Waals surface area contributed by atoms with E-state index >= 15 is 0 Å². The van der Waals surface area contributed by atoms with Gasteiger partial charge in [-0.1, -0.05) is 33.6 Å². The number of halogens is 2. The molecular weight excluding hydrogens is 448 g/mol. The van der Waals surface area contributed by atoms with Crippen molar-refractivity contribution in [1.29, 1.82) is 0 Å². The summed E-state index contributed by atoms with van der Waals surface area (Å²) in [4.78, 5) is 1.14. The Balaban J connectivity index is 1.65. The summed E-state index contributed by atoms with van der Waals surface area (Å²) < 4.78 is 7.15. The number of thiophene rings is 1. The molecule has 0 saturated carbocycles. The SMILES string of the molecule is Oc1ccc(Br)cc1C1Oc2ccc(Cl)cc2C2CC(c3cccs3)=NN21. The van der Waals surface area contributed by atoms with Crippen LogP contribution < -0.4 is 4.74 Å². The fourth-order valence-corrected chi connectivity index (χ4v) is 4.86. The predicted octanol–water partition coefficient (Wildman–Crippen LogP) is 6.11. The van der Waals surface area contributed by atoms with E-state index in [4.69, 9.17) is 21.4 Å². The lowest BCUT2D eigenvalue weighted by atomic mass is 9.97. The van der Waals surface area contributed by atoms with Crippen molar-refractivity contribution in [3.8, 4) is 11.5 Å². The third kappa shape index (κ3) is 2.92. The number of hydrazone groups is 1. The highest BCUT2D eigenvalue weighted by molar-refractivity contribution is 9.10. The molecule has 7 heteroatoms. The van der Waals surface area contributed by atoms with Crippen LogP contribution in [-0.2, 0) is 0 Å². The van der Waals surface area contributed by atoms with Gasteiger partial charge < -0.3 is 9.84 Å². The van der Waals surface area contributed by atoms with Gasteiger partial charge in [0.25, 0.3) is 0 Å². The molecule has 1 N–H and O–H groups in total. The molecule has 0 saturated heterocycles. The Morgan fingerprint density at radius 1 is 1.19 bits per heavy atom. The van der Waals surface area contributed by atoms with Gasteiger partial charge in [0, 0.05) is 21.5 Å². The Hall–Kier alpha value is -2.02. The van der Waals surface area contributed by atoms with Gasteiger partial charge in [0.15, 0.2) is 0 Å². The average molecular weight is 462 g/mol. The van der Waals surface area contributed by atoms with Crippen molar-refractivity contribution < 1.29 is 9.84 Å². The number of ether oxygens (including phenoxy) is 1. The molecule has 0 spiro atoms. The lowest BCUT2D eigenvalue weighted by Gasteiger charge is -2.38. The number of benzene rings is 2. The van der Waals surface area contributed by atoms with E-state index in [0.29, 0.717) is 10.6 Å². The molecule has 2 aliphatic heterocycles. The molecule has 0 fully saturated rings. The third-order valence-electron chi connectivity index (χ3n) is 4.81. The first-order valence-electron chi connectivity index (χ1n) is 8.44. The monoisotopic (exact) mass is 460 g/mol. The average Bonchev–Trinajstić information content (AvgIpc) is 3.32. The topological polar surface area (TPSA) is 45.1 Å². The summed E-state index contributed by atoms with van der Waals surface area (Å²) >= 11 is 11.4. The Kier molecular flexibility index (Phi) is 4.15. The normalized spacial score (nSPS) is 20.7. The van der Waals surface area contributed by atoms with Gasteiger partial charge in [-0.05, 0) is 47.8 Å². The number of rotatable bonds is 2. The lowest BCUT2D eigenvalue weighted by molar-refractivity contribution is -0.0203. The van der Waals surface area contributed by atoms with Gasteiger partial charge in [0.2, 0.25) is 6.23 Å². The van der Waals surface area contributed by atoms with Gasteiger partial charge in [0.05, 0.1) is 22.2 Å². The smallest absolute Gasteiger partial charge is 0.217 e. The number of aromatic hydroxyl groups is 1. The first-order valence-corrected chi connectivity index (χ1v) is 10.5. The van der Waals surface area contributed by atoms with Crippen LogP contribution in [0.1, 0.15) is 34.7 Å². The fraction of sp³-hybridized carbons (Fsp3) is 0.150. The zero-order valence-electron chi connectivity index (χ0n) is 14.0. The van der Waals surface area contributed by atoms with Crippen LogP contribution >= 0.6 is 38.9 Å². The fourth-order valence-electron chi connectivity index (χ4n) is 3.58. The summed E-state index contributed by atoms with van der Waals surface area (Å²) in [6.45, 7) is 0. The van der Waals surface area contributed by atoms with Gasteiger partial charge in [-0.25, -0.2) is 5.01 Å². The van der Waals surface area contributed by atoms with E-state index in [9.17, 15) is 5.11 Å². The molecule has 0 amide bonds. The molecule has 4 nitrogen and oxygen atoms in total. The zero-order chi connectivity index (χ0) is 18.5. The van der Waals surface area contributed by atoms with E-state index in [-0.39, 0.29) is 11.8 Å². The Bertz CT molecular complexity index is 1050. The Labute approximate surface area is 173 Å². The van der Waals surface area contributed by atoms with Crippen LogP contribution in [0.25, 0.3) is 0 Å². The number of hydrogen-bond acceptors (Lipinski definition) is 5. The second kappa shape index (κ2) is 6.55. The molecule has 0 radical (unpaired) electrons. The van der Waals surface area contributed by atoms with Gasteiger partial charge >= 0.3 is 0 Å². The van der Waals surface area contributed by atoms with E-state index in [1.807, 2.05) is 40.7 Å². The molecule has 3 aromatic rings. The second-order valence-corrected chi connectivity index (χ2v) is 8.78. The zero-order valence-corrected chi connectivity index (χ0v) is 17.1. The molecule has 2 aromatic carbocycles. The van der Waals surface area contributed by atoms with Crippen molar-refractivity contribution >= 4 is 44.6 Å². The van der Waals surface area contributed by atoms with Crippen LogP contribution in [0.15, 0.2) is 63.5 Å². The first-order chi connectivity index (χ1) is 13.1. The third-order valence-corrected chi connectivity index (χ3v) is 6.46. The van der Waals surface area contributed by atoms with Crippen molar-refractivity contribution in [1.82, 2.24) is 5.01 Å². The molecule has 136 valence electrons. The maximum absolute atomic E-state index is 10.5. The standard InChI is InChI=1S/C20H14BrClN2O2S/c21-11-3-5-17(25)14(8-11)20-24-16(10-15(23-24)19-2-1-7-27-19)13-9-12(22)4-6-18(13)26-20/h1-9,16,20,25H,10H2. The molecular formula is C20H14BrClN2O2S. The van der Waals surface area contributed by atoms with Crippen LogP contribution in [0.5, 0.6) is 11.5 Å². The Morgan fingerprint density at radius 3 is 2.89 bits per heavy atom. The van der Waals surface area contributed by atoms with Crippen LogP contribution in [-0.4, -0.2) is 15.8 Å². The summed E-state index contributed by atoms with van der Waals surface area (Å²) in [7, 11) is 0. The molecule has 5 rings (SSSR count). The summed E-state index contributed by atoms with van der Waals surface area (Å²) in [6, 6.07) is 15.1. The van der Waals surface area contributed by atoms with E-state index in [1.165, 1.54) is 0 Å². The van der Waals surface area contributed by atoms with Gasteiger partial charge in [0.1, 0.15) is 11.5 Å². The molecule has 2 atom stereocenters. The molecule has 27 heavy (non-hydrogen) atoms. The minimum Gasteiger partial charge on any atom is -0.507 e. The van der Waals surface area contributed by atoms with Crippen LogP contribution in [0.2, 0.25) is 5.02 Å². The number of phenolic OH excluding ortho intramolecular Hbond substituents is 1. The molecule has 0 bridgehead atoms. The van der Waals surface area contributed by atoms with Crippen molar-refractivity contribution in [2.75, 3.05) is 0 Å². The largest absolute Gasteiger partial charge is 0.507 e. The molecule has 2 aliphatic rings. The molecule has 1 aromatic heterocycles. The minimum atomic E-state index is -0.515.